The van der Waals surface area contributed by atoms with Crippen LogP contribution in [0, 0.1) is 0 Å². The zero-order valence-corrected chi connectivity index (χ0v) is 35.2. The molecular weight excluding hydrogens is 805 g/mol. The average Bonchev–Trinajstić information content (AvgIpc) is 4.00. The number of rotatable bonds is 3. The SMILES string of the molecule is c1ccc2c(c1)nc(-c1ccc(-c3ccc(-c4nc5ccccc5c5nc6c7cccc8ccc9cccc(c9c87)c6n45)cc3)cc1)n1c2nc2c3cccc4ccc5cccc(c5c43)c21. The van der Waals surface area contributed by atoms with E-state index in [1.807, 2.05) is 0 Å². The molecule has 0 radical (unpaired) electrons. The van der Waals surface area contributed by atoms with E-state index in [2.05, 4.69) is 203 Å². The van der Waals surface area contributed by atoms with Crippen LogP contribution in [0.1, 0.15) is 0 Å². The van der Waals surface area contributed by atoms with Gasteiger partial charge in [0.05, 0.1) is 33.1 Å². The van der Waals surface area contributed by atoms with E-state index in [0.29, 0.717) is 0 Å². The third-order valence-electron chi connectivity index (χ3n) is 14.3. The molecule has 12 aromatic carbocycles. The quantitative estimate of drug-likeness (QED) is 0.166. The molecule has 302 valence electrons. The third kappa shape index (κ3) is 4.40. The Balaban J connectivity index is 0.872. The van der Waals surface area contributed by atoms with E-state index in [1.165, 1.54) is 53.9 Å². The van der Waals surface area contributed by atoms with Crippen LogP contribution in [0.25, 0.3) is 154 Å². The van der Waals surface area contributed by atoms with Gasteiger partial charge in [-0.3, -0.25) is 8.80 Å². The van der Waals surface area contributed by atoms with Gasteiger partial charge < -0.3 is 0 Å². The van der Waals surface area contributed by atoms with E-state index in [4.69, 9.17) is 19.9 Å². The Morgan fingerprint density at radius 2 is 0.591 bits per heavy atom. The molecule has 0 amide bonds. The van der Waals surface area contributed by atoms with E-state index in [0.717, 1.165) is 99.8 Å². The van der Waals surface area contributed by atoms with Crippen molar-refractivity contribution in [2.24, 2.45) is 0 Å². The molecule has 4 aromatic heterocycles. The summed E-state index contributed by atoms with van der Waals surface area (Å²) >= 11 is 0. The zero-order chi connectivity index (χ0) is 42.8. The zero-order valence-electron chi connectivity index (χ0n) is 35.2. The summed E-state index contributed by atoms with van der Waals surface area (Å²) in [5, 5.41) is 16.7. The molecule has 0 spiro atoms. The number of benzene rings is 12. The molecule has 0 aliphatic heterocycles. The molecule has 16 rings (SSSR count). The number of hydrogen-bond acceptors (Lipinski definition) is 4. The molecule has 0 aliphatic carbocycles. The lowest BCUT2D eigenvalue weighted by Crippen LogP contribution is -1.99. The maximum Gasteiger partial charge on any atom is 0.149 e. The van der Waals surface area contributed by atoms with Crippen LogP contribution in [-0.2, 0) is 0 Å². The number of fused-ring (bicyclic) bond motifs is 14. The summed E-state index contributed by atoms with van der Waals surface area (Å²) in [6.07, 6.45) is 0. The number of aromatic nitrogens is 6. The highest BCUT2D eigenvalue weighted by molar-refractivity contribution is 6.34. The molecule has 0 saturated heterocycles. The average molecular weight is 837 g/mol. The molecule has 16 aromatic rings. The van der Waals surface area contributed by atoms with Crippen LogP contribution in [0.3, 0.4) is 0 Å². The fourth-order valence-electron chi connectivity index (χ4n) is 11.4. The van der Waals surface area contributed by atoms with Gasteiger partial charge in [0.25, 0.3) is 0 Å². The molecule has 0 bridgehead atoms. The topological polar surface area (TPSA) is 60.4 Å². The largest absolute Gasteiger partial charge is 0.275 e. The Hall–Kier alpha value is -9.00. The summed E-state index contributed by atoms with van der Waals surface area (Å²) < 4.78 is 4.60. The van der Waals surface area contributed by atoms with Crippen molar-refractivity contribution in [3.05, 3.63) is 194 Å². The molecule has 66 heavy (non-hydrogen) atoms. The first kappa shape index (κ1) is 34.5. The van der Waals surface area contributed by atoms with E-state index in [9.17, 15) is 0 Å². The second-order valence-corrected chi connectivity index (χ2v) is 17.7. The molecule has 0 fully saturated rings. The smallest absolute Gasteiger partial charge is 0.149 e. The Kier molecular flexibility index (Phi) is 6.47. The predicted molar refractivity (Wildman–Crippen MR) is 273 cm³/mol. The van der Waals surface area contributed by atoms with Crippen LogP contribution in [-0.4, -0.2) is 28.7 Å². The highest BCUT2D eigenvalue weighted by Crippen LogP contribution is 2.45. The molecular formula is C60H32N6. The van der Waals surface area contributed by atoms with Crippen molar-refractivity contribution in [3.8, 4) is 33.9 Å². The van der Waals surface area contributed by atoms with Crippen LogP contribution in [0.4, 0.5) is 0 Å². The summed E-state index contributed by atoms with van der Waals surface area (Å²) in [4.78, 5) is 21.7. The van der Waals surface area contributed by atoms with Crippen LogP contribution in [0.15, 0.2) is 194 Å². The van der Waals surface area contributed by atoms with Crippen molar-refractivity contribution < 1.29 is 0 Å². The van der Waals surface area contributed by atoms with E-state index in [1.54, 1.807) is 0 Å². The summed E-state index contributed by atoms with van der Waals surface area (Å²) in [7, 11) is 0. The number of nitrogens with zero attached hydrogens (tertiary/aromatic N) is 6. The van der Waals surface area contributed by atoms with E-state index in [-0.39, 0.29) is 0 Å². The maximum absolute atomic E-state index is 5.47. The van der Waals surface area contributed by atoms with Gasteiger partial charge in [0.15, 0.2) is 0 Å². The Labute approximate surface area is 374 Å². The minimum Gasteiger partial charge on any atom is -0.275 e. The highest BCUT2D eigenvalue weighted by atomic mass is 15.1. The fraction of sp³-hybridized carbons (Fsp3) is 0. The minimum absolute atomic E-state index is 0.868. The normalized spacial score (nSPS) is 12.5. The van der Waals surface area contributed by atoms with Crippen molar-refractivity contribution >= 4 is 120 Å². The first-order valence-electron chi connectivity index (χ1n) is 22.5. The van der Waals surface area contributed by atoms with Crippen molar-refractivity contribution in [2.75, 3.05) is 0 Å². The standard InChI is InChI=1S/C60H32N6/c1-3-19-47-41(13-1)59-63-53-43-15-5-9-35-25-27-37-11-7-17-45(51(37)49(35)43)55(53)65(59)57(61-47)39-29-21-33(22-30-39)34-23-31-40(32-24-34)58-62-48-20-4-2-14-42(48)60-64-54-44-16-6-10-36-26-28-38-12-8-18-46(52(38)50(36)44)56(54)66(58)60/h1-32H. The first-order valence-corrected chi connectivity index (χ1v) is 22.5. The van der Waals surface area contributed by atoms with Crippen molar-refractivity contribution in [1.29, 1.82) is 0 Å². The lowest BCUT2D eigenvalue weighted by Gasteiger charge is -2.14. The van der Waals surface area contributed by atoms with Crippen LogP contribution >= 0.6 is 0 Å². The van der Waals surface area contributed by atoms with Crippen LogP contribution in [0.2, 0.25) is 0 Å². The lowest BCUT2D eigenvalue weighted by molar-refractivity contribution is 1.16. The first-order chi connectivity index (χ1) is 32.7. The molecule has 6 heteroatoms. The van der Waals surface area contributed by atoms with Gasteiger partial charge in [-0.05, 0) is 78.5 Å². The van der Waals surface area contributed by atoms with Gasteiger partial charge in [-0.2, -0.15) is 0 Å². The molecule has 0 N–H and O–H groups in total. The fourth-order valence-corrected chi connectivity index (χ4v) is 11.4. The number of para-hydroxylation sites is 2. The summed E-state index contributed by atoms with van der Waals surface area (Å²) in [6.45, 7) is 0. The number of hydrogen-bond donors (Lipinski definition) is 0. The molecule has 0 aliphatic rings. The molecule has 0 atom stereocenters. The summed E-state index contributed by atoms with van der Waals surface area (Å²) in [5.41, 5.74) is 12.1. The van der Waals surface area contributed by atoms with Crippen LogP contribution in [0.5, 0.6) is 0 Å². The van der Waals surface area contributed by atoms with Gasteiger partial charge in [-0.25, -0.2) is 19.9 Å². The van der Waals surface area contributed by atoms with Gasteiger partial charge in [-0.1, -0.05) is 170 Å². The third-order valence-corrected chi connectivity index (χ3v) is 14.3. The number of imidazole rings is 2. The lowest BCUT2D eigenvalue weighted by atomic mass is 9.93. The molecule has 0 saturated carbocycles. The van der Waals surface area contributed by atoms with Crippen LogP contribution < -0.4 is 0 Å². The van der Waals surface area contributed by atoms with E-state index >= 15 is 0 Å². The monoisotopic (exact) mass is 836 g/mol. The molecule has 4 heterocycles. The molecule has 6 nitrogen and oxygen atoms in total. The Morgan fingerprint density at radius 1 is 0.258 bits per heavy atom. The van der Waals surface area contributed by atoms with Gasteiger partial charge in [0.1, 0.15) is 22.9 Å². The van der Waals surface area contributed by atoms with Gasteiger partial charge in [0, 0.05) is 43.4 Å². The summed E-state index contributed by atoms with van der Waals surface area (Å²) in [5.74, 6) is 1.74. The second-order valence-electron chi connectivity index (χ2n) is 17.7. The minimum atomic E-state index is 0.868. The van der Waals surface area contributed by atoms with Gasteiger partial charge in [-0.15, -0.1) is 0 Å². The predicted octanol–water partition coefficient (Wildman–Crippen LogP) is 15.2. The Bertz CT molecular complexity index is 4430. The van der Waals surface area contributed by atoms with Crippen molar-refractivity contribution in [3.63, 3.8) is 0 Å². The molecule has 0 unspecified atom stereocenters. The second kappa shape index (κ2) is 12.4. The van der Waals surface area contributed by atoms with Crippen molar-refractivity contribution in [1.82, 2.24) is 28.7 Å². The Morgan fingerprint density at radius 3 is 1.00 bits per heavy atom. The van der Waals surface area contributed by atoms with E-state index < -0.39 is 0 Å². The van der Waals surface area contributed by atoms with Gasteiger partial charge in [0.2, 0.25) is 0 Å². The van der Waals surface area contributed by atoms with Crippen molar-refractivity contribution in [2.45, 2.75) is 0 Å². The summed E-state index contributed by atoms with van der Waals surface area (Å²) in [6, 6.07) is 69.7. The maximum atomic E-state index is 5.47. The highest BCUT2D eigenvalue weighted by Gasteiger charge is 2.24. The van der Waals surface area contributed by atoms with Gasteiger partial charge >= 0.3 is 0 Å².